The molecular weight excluding hydrogens is 214 g/mol. The van der Waals surface area contributed by atoms with Crippen LogP contribution in [0.3, 0.4) is 0 Å². The summed E-state index contributed by atoms with van der Waals surface area (Å²) in [7, 11) is 0. The van der Waals surface area contributed by atoms with Crippen LogP contribution in [0.1, 0.15) is 16.8 Å². The van der Waals surface area contributed by atoms with Gasteiger partial charge in [0.2, 0.25) is 0 Å². The van der Waals surface area contributed by atoms with E-state index in [0.717, 1.165) is 6.07 Å². The standard InChI is InChI=1S/C11H12F2N2O/c12-8-3-4-15(6-8)11(16)7-1-2-10(14)9(13)5-7/h1-2,5,8H,3-4,6,14H2. The van der Waals surface area contributed by atoms with E-state index in [0.29, 0.717) is 13.0 Å². The maximum atomic E-state index is 13.1. The minimum atomic E-state index is -0.970. The highest BCUT2D eigenvalue weighted by atomic mass is 19.1. The number of halogens is 2. The lowest BCUT2D eigenvalue weighted by molar-refractivity contribution is 0.0782. The van der Waals surface area contributed by atoms with Crippen molar-refractivity contribution in [2.75, 3.05) is 18.8 Å². The largest absolute Gasteiger partial charge is 0.396 e. The molecule has 0 saturated carbocycles. The van der Waals surface area contributed by atoms with Gasteiger partial charge in [0.05, 0.1) is 12.2 Å². The molecule has 86 valence electrons. The lowest BCUT2D eigenvalue weighted by atomic mass is 10.2. The number of hydrogen-bond acceptors (Lipinski definition) is 2. The number of amides is 1. The smallest absolute Gasteiger partial charge is 0.254 e. The number of alkyl halides is 1. The fraction of sp³-hybridized carbons (Fsp3) is 0.364. The van der Waals surface area contributed by atoms with Gasteiger partial charge in [-0.05, 0) is 24.6 Å². The van der Waals surface area contributed by atoms with E-state index in [9.17, 15) is 13.6 Å². The molecule has 0 bridgehead atoms. The van der Waals surface area contributed by atoms with E-state index in [1.807, 2.05) is 0 Å². The first kappa shape index (κ1) is 10.9. The number of nitrogens with zero attached hydrogens (tertiary/aromatic N) is 1. The zero-order chi connectivity index (χ0) is 11.7. The topological polar surface area (TPSA) is 46.3 Å². The van der Waals surface area contributed by atoms with Gasteiger partial charge in [-0.2, -0.15) is 0 Å². The van der Waals surface area contributed by atoms with Crippen molar-refractivity contribution in [3.05, 3.63) is 29.6 Å². The van der Waals surface area contributed by atoms with Gasteiger partial charge in [0.25, 0.3) is 5.91 Å². The number of hydrogen-bond donors (Lipinski definition) is 1. The van der Waals surface area contributed by atoms with Crippen molar-refractivity contribution in [2.45, 2.75) is 12.6 Å². The van der Waals surface area contributed by atoms with Crippen LogP contribution in [0.5, 0.6) is 0 Å². The molecule has 1 aromatic carbocycles. The predicted octanol–water partition coefficient (Wildman–Crippen LogP) is 1.59. The Labute approximate surface area is 91.8 Å². The zero-order valence-corrected chi connectivity index (χ0v) is 8.62. The quantitative estimate of drug-likeness (QED) is 0.739. The van der Waals surface area contributed by atoms with E-state index < -0.39 is 12.0 Å². The van der Waals surface area contributed by atoms with Crippen molar-refractivity contribution >= 4 is 11.6 Å². The van der Waals surface area contributed by atoms with Crippen LogP contribution in [0.4, 0.5) is 14.5 Å². The van der Waals surface area contributed by atoms with Crippen LogP contribution in [0.25, 0.3) is 0 Å². The van der Waals surface area contributed by atoms with Crippen molar-refractivity contribution < 1.29 is 13.6 Å². The van der Waals surface area contributed by atoms with Crippen LogP contribution in [0, 0.1) is 5.82 Å². The molecule has 0 spiro atoms. The second kappa shape index (κ2) is 4.08. The second-order valence-electron chi connectivity index (χ2n) is 3.87. The molecule has 1 aliphatic heterocycles. The first-order chi connectivity index (χ1) is 7.58. The molecule has 1 aliphatic rings. The number of nitrogens with two attached hydrogens (primary N) is 1. The van der Waals surface area contributed by atoms with Gasteiger partial charge in [-0.1, -0.05) is 0 Å². The second-order valence-corrected chi connectivity index (χ2v) is 3.87. The molecule has 1 fully saturated rings. The van der Waals surface area contributed by atoms with E-state index >= 15 is 0 Å². The number of carbonyl (C=O) groups is 1. The molecule has 1 unspecified atom stereocenters. The lowest BCUT2D eigenvalue weighted by Gasteiger charge is -2.15. The Morgan fingerprint density at radius 2 is 2.25 bits per heavy atom. The summed E-state index contributed by atoms with van der Waals surface area (Å²) in [6, 6.07) is 3.88. The molecule has 16 heavy (non-hydrogen) atoms. The number of nitrogen functional groups attached to an aromatic ring is 1. The fourth-order valence-electron chi connectivity index (χ4n) is 1.74. The van der Waals surface area contributed by atoms with Gasteiger partial charge in [0, 0.05) is 12.1 Å². The Morgan fingerprint density at radius 1 is 1.50 bits per heavy atom. The Balaban J connectivity index is 2.18. The molecule has 1 heterocycles. The summed E-state index contributed by atoms with van der Waals surface area (Å²) >= 11 is 0. The number of anilines is 1. The van der Waals surface area contributed by atoms with E-state index in [-0.39, 0.29) is 23.7 Å². The Morgan fingerprint density at radius 3 is 2.81 bits per heavy atom. The van der Waals surface area contributed by atoms with Crippen molar-refractivity contribution in [2.24, 2.45) is 0 Å². The van der Waals surface area contributed by atoms with Gasteiger partial charge >= 0.3 is 0 Å². The molecule has 1 aromatic rings. The summed E-state index contributed by atoms with van der Waals surface area (Å²) in [6.07, 6.45) is -0.619. The third kappa shape index (κ3) is 1.98. The molecule has 2 N–H and O–H groups in total. The van der Waals surface area contributed by atoms with E-state index in [1.54, 1.807) is 0 Å². The average Bonchev–Trinajstić information content (AvgIpc) is 2.68. The Bertz CT molecular complexity index is 422. The molecule has 0 radical (unpaired) electrons. The van der Waals surface area contributed by atoms with Crippen LogP contribution in [-0.4, -0.2) is 30.1 Å². The maximum Gasteiger partial charge on any atom is 0.254 e. The summed E-state index contributed by atoms with van der Waals surface area (Å²) in [5.74, 6) is -0.971. The van der Waals surface area contributed by atoms with Gasteiger partial charge in [0.1, 0.15) is 12.0 Å². The average molecular weight is 226 g/mol. The molecule has 1 atom stereocenters. The summed E-state index contributed by atoms with van der Waals surface area (Å²) in [5.41, 5.74) is 5.51. The summed E-state index contributed by atoms with van der Waals surface area (Å²) in [4.78, 5) is 13.2. The molecule has 1 saturated heterocycles. The molecule has 0 aromatic heterocycles. The first-order valence-corrected chi connectivity index (χ1v) is 5.06. The minimum absolute atomic E-state index is 0.00124. The summed E-state index contributed by atoms with van der Waals surface area (Å²) in [5, 5.41) is 0. The summed E-state index contributed by atoms with van der Waals surface area (Å²) in [6.45, 7) is 0.469. The van der Waals surface area contributed by atoms with E-state index in [1.165, 1.54) is 17.0 Å². The van der Waals surface area contributed by atoms with Crippen LogP contribution < -0.4 is 5.73 Å². The highest BCUT2D eigenvalue weighted by Crippen LogP contribution is 2.18. The van der Waals surface area contributed by atoms with Crippen molar-refractivity contribution in [1.82, 2.24) is 4.90 Å². The normalized spacial score (nSPS) is 20.1. The van der Waals surface area contributed by atoms with Crippen LogP contribution in [0.2, 0.25) is 0 Å². The third-order valence-electron chi connectivity index (χ3n) is 2.67. The maximum absolute atomic E-state index is 13.1. The van der Waals surface area contributed by atoms with Crippen LogP contribution in [-0.2, 0) is 0 Å². The summed E-state index contributed by atoms with van der Waals surface area (Å²) < 4.78 is 26.0. The van der Waals surface area contributed by atoms with Gasteiger partial charge < -0.3 is 10.6 Å². The van der Waals surface area contributed by atoms with Gasteiger partial charge in [-0.3, -0.25) is 4.79 Å². The minimum Gasteiger partial charge on any atom is -0.396 e. The molecule has 1 amide bonds. The number of benzene rings is 1. The van der Waals surface area contributed by atoms with E-state index in [2.05, 4.69) is 0 Å². The number of carbonyl (C=O) groups excluding carboxylic acids is 1. The number of likely N-dealkylation sites (tertiary alicyclic amines) is 1. The highest BCUT2D eigenvalue weighted by molar-refractivity contribution is 5.94. The fourth-order valence-corrected chi connectivity index (χ4v) is 1.74. The predicted molar refractivity (Wildman–Crippen MR) is 56.2 cm³/mol. The number of rotatable bonds is 1. The monoisotopic (exact) mass is 226 g/mol. The van der Waals surface area contributed by atoms with Crippen molar-refractivity contribution in [1.29, 1.82) is 0 Å². The molecule has 0 aliphatic carbocycles. The third-order valence-corrected chi connectivity index (χ3v) is 2.67. The van der Waals surface area contributed by atoms with Crippen molar-refractivity contribution in [3.63, 3.8) is 0 Å². The van der Waals surface area contributed by atoms with Crippen molar-refractivity contribution in [3.8, 4) is 0 Å². The van der Waals surface area contributed by atoms with Gasteiger partial charge in [-0.15, -0.1) is 0 Å². The molecule has 3 nitrogen and oxygen atoms in total. The van der Waals surface area contributed by atoms with Crippen LogP contribution >= 0.6 is 0 Å². The molecule has 2 rings (SSSR count). The van der Waals surface area contributed by atoms with E-state index in [4.69, 9.17) is 5.73 Å². The molecule has 5 heteroatoms. The molecular formula is C11H12F2N2O. The van der Waals surface area contributed by atoms with Gasteiger partial charge in [0.15, 0.2) is 0 Å². The lowest BCUT2D eigenvalue weighted by Crippen LogP contribution is -2.29. The van der Waals surface area contributed by atoms with Gasteiger partial charge in [-0.25, -0.2) is 8.78 Å². The SMILES string of the molecule is Nc1ccc(C(=O)N2CCC(F)C2)cc1F. The van der Waals surface area contributed by atoms with Crippen LogP contribution in [0.15, 0.2) is 18.2 Å². The first-order valence-electron chi connectivity index (χ1n) is 5.06. The zero-order valence-electron chi connectivity index (χ0n) is 8.62. The Kier molecular flexibility index (Phi) is 2.77. The Hall–Kier alpha value is -1.65. The highest BCUT2D eigenvalue weighted by Gasteiger charge is 2.26.